The van der Waals surface area contributed by atoms with E-state index in [4.69, 9.17) is 10.5 Å². The van der Waals surface area contributed by atoms with E-state index in [1.54, 1.807) is 0 Å². The summed E-state index contributed by atoms with van der Waals surface area (Å²) in [5.41, 5.74) is 5.82. The highest BCUT2D eigenvalue weighted by Gasteiger charge is 2.22. The lowest BCUT2D eigenvalue weighted by molar-refractivity contribution is -0.135. The first-order valence-electron chi connectivity index (χ1n) is 8.04. The van der Waals surface area contributed by atoms with Crippen molar-refractivity contribution in [3.05, 3.63) is 6.07 Å². The molecule has 128 valence electrons. The number of nitrogens with one attached hydrogen (secondary N) is 1. The predicted molar refractivity (Wildman–Crippen MR) is 90.5 cm³/mol. The molecule has 3 N–H and O–H groups in total. The molecular weight excluding hydrogens is 296 g/mol. The van der Waals surface area contributed by atoms with Crippen molar-refractivity contribution in [3.63, 3.8) is 0 Å². The van der Waals surface area contributed by atoms with E-state index >= 15 is 0 Å². The Morgan fingerprint density at radius 1 is 1.35 bits per heavy atom. The Morgan fingerprint density at radius 2 is 2.09 bits per heavy atom. The zero-order valence-electron chi connectivity index (χ0n) is 13.9. The van der Waals surface area contributed by atoms with E-state index in [0.29, 0.717) is 13.1 Å². The van der Waals surface area contributed by atoms with Gasteiger partial charge in [0.05, 0.1) is 0 Å². The molecule has 23 heavy (non-hydrogen) atoms. The van der Waals surface area contributed by atoms with Gasteiger partial charge in [-0.3, -0.25) is 4.79 Å². The van der Waals surface area contributed by atoms with Crippen LogP contribution in [0.25, 0.3) is 0 Å². The Kier molecular flexibility index (Phi) is 6.40. The Labute approximate surface area is 137 Å². The molecule has 8 nitrogen and oxygen atoms in total. The van der Waals surface area contributed by atoms with Crippen molar-refractivity contribution in [2.24, 2.45) is 0 Å². The van der Waals surface area contributed by atoms with Crippen LogP contribution in [0.15, 0.2) is 6.07 Å². The number of anilines is 3. The summed E-state index contributed by atoms with van der Waals surface area (Å²) in [5.74, 6) is 1.84. The third-order valence-corrected chi connectivity index (χ3v) is 3.79. The van der Waals surface area contributed by atoms with E-state index in [-0.39, 0.29) is 18.5 Å². The lowest BCUT2D eigenvalue weighted by Gasteiger charge is -2.35. The van der Waals surface area contributed by atoms with E-state index in [2.05, 4.69) is 27.1 Å². The molecule has 0 radical (unpaired) electrons. The Hall–Kier alpha value is -2.09. The Balaban J connectivity index is 1.96. The van der Waals surface area contributed by atoms with Crippen molar-refractivity contribution in [3.8, 4) is 0 Å². The van der Waals surface area contributed by atoms with Gasteiger partial charge >= 0.3 is 0 Å². The van der Waals surface area contributed by atoms with E-state index in [1.807, 2.05) is 11.0 Å². The molecule has 0 saturated carbocycles. The summed E-state index contributed by atoms with van der Waals surface area (Å²) >= 11 is 0. The standard InChI is InChI=1S/C15H26N6O2/c1-3-4-5-17-12-10-13(19-15(16)18-12)20-6-8-21(9-7-20)14(22)11-23-2/h10H,3-9,11H2,1-2H3,(H3,16,17,18,19). The van der Waals surface area contributed by atoms with Crippen molar-refractivity contribution in [1.29, 1.82) is 0 Å². The van der Waals surface area contributed by atoms with Gasteiger partial charge in [0.1, 0.15) is 18.2 Å². The maximum atomic E-state index is 11.8. The molecule has 0 spiro atoms. The van der Waals surface area contributed by atoms with Gasteiger partial charge in [0.15, 0.2) is 0 Å². The number of hydrogen-bond donors (Lipinski definition) is 2. The van der Waals surface area contributed by atoms with Gasteiger partial charge in [-0.15, -0.1) is 0 Å². The van der Waals surface area contributed by atoms with Crippen LogP contribution in [0.4, 0.5) is 17.6 Å². The van der Waals surface area contributed by atoms with Crippen molar-refractivity contribution in [2.75, 3.05) is 62.4 Å². The monoisotopic (exact) mass is 322 g/mol. The van der Waals surface area contributed by atoms with E-state index in [1.165, 1.54) is 7.11 Å². The lowest BCUT2D eigenvalue weighted by Crippen LogP contribution is -2.50. The normalized spacial score (nSPS) is 14.9. The maximum absolute atomic E-state index is 11.8. The van der Waals surface area contributed by atoms with Crippen LogP contribution in [0.1, 0.15) is 19.8 Å². The van der Waals surface area contributed by atoms with Crippen LogP contribution >= 0.6 is 0 Å². The second kappa shape index (κ2) is 8.52. The summed E-state index contributed by atoms with van der Waals surface area (Å²) in [4.78, 5) is 24.3. The maximum Gasteiger partial charge on any atom is 0.248 e. The molecule has 0 aromatic carbocycles. The summed E-state index contributed by atoms with van der Waals surface area (Å²) in [6, 6.07) is 1.92. The molecule has 1 saturated heterocycles. The average Bonchev–Trinajstić information content (AvgIpc) is 2.55. The van der Waals surface area contributed by atoms with Gasteiger partial charge in [-0.1, -0.05) is 13.3 Å². The molecule has 8 heteroatoms. The van der Waals surface area contributed by atoms with Gasteiger partial charge < -0.3 is 25.6 Å². The van der Waals surface area contributed by atoms with Gasteiger partial charge in [0.2, 0.25) is 11.9 Å². The topological polar surface area (TPSA) is 96.6 Å². The number of carbonyl (C=O) groups excluding carboxylic acids is 1. The molecule has 1 fully saturated rings. The molecule has 0 atom stereocenters. The first-order chi connectivity index (χ1) is 11.1. The molecule has 1 aliphatic rings. The number of aromatic nitrogens is 2. The molecule has 1 aromatic rings. The summed E-state index contributed by atoms with van der Waals surface area (Å²) in [7, 11) is 1.53. The minimum Gasteiger partial charge on any atom is -0.375 e. The number of nitrogen functional groups attached to an aromatic ring is 1. The number of nitrogens with two attached hydrogens (primary N) is 1. The molecule has 0 aliphatic carbocycles. The summed E-state index contributed by atoms with van der Waals surface area (Å²) in [6.07, 6.45) is 2.21. The number of unbranched alkanes of at least 4 members (excludes halogenated alkanes) is 1. The molecule has 0 unspecified atom stereocenters. The quantitative estimate of drug-likeness (QED) is 0.708. The number of hydrogen-bond acceptors (Lipinski definition) is 7. The van der Waals surface area contributed by atoms with E-state index in [9.17, 15) is 4.79 Å². The Bertz CT molecular complexity index is 517. The molecule has 1 aliphatic heterocycles. The van der Waals surface area contributed by atoms with Gasteiger partial charge in [-0.2, -0.15) is 9.97 Å². The second-order valence-electron chi connectivity index (χ2n) is 5.55. The molecule has 2 rings (SSSR count). The molecule has 1 aromatic heterocycles. The van der Waals surface area contributed by atoms with Gasteiger partial charge in [0.25, 0.3) is 0 Å². The van der Waals surface area contributed by atoms with Crippen LogP contribution in [0, 0.1) is 0 Å². The highest BCUT2D eigenvalue weighted by atomic mass is 16.5. The number of ether oxygens (including phenoxy) is 1. The summed E-state index contributed by atoms with van der Waals surface area (Å²) in [5, 5.41) is 3.27. The van der Waals surface area contributed by atoms with Crippen LogP contribution in [-0.4, -0.2) is 67.2 Å². The zero-order valence-corrected chi connectivity index (χ0v) is 13.9. The minimum atomic E-state index is 0.0243. The third-order valence-electron chi connectivity index (χ3n) is 3.79. The number of nitrogens with zero attached hydrogens (tertiary/aromatic N) is 4. The van der Waals surface area contributed by atoms with Crippen molar-refractivity contribution in [2.45, 2.75) is 19.8 Å². The zero-order chi connectivity index (χ0) is 16.7. The van der Waals surface area contributed by atoms with Gasteiger partial charge in [-0.25, -0.2) is 0 Å². The van der Waals surface area contributed by atoms with Crippen LogP contribution in [-0.2, 0) is 9.53 Å². The minimum absolute atomic E-state index is 0.0243. The van der Waals surface area contributed by atoms with Crippen LogP contribution in [0.5, 0.6) is 0 Å². The lowest BCUT2D eigenvalue weighted by atomic mass is 10.3. The highest BCUT2D eigenvalue weighted by molar-refractivity contribution is 5.77. The largest absolute Gasteiger partial charge is 0.375 e. The predicted octanol–water partition coefficient (Wildman–Crippen LogP) is 0.566. The SMILES string of the molecule is CCCCNc1cc(N2CCN(C(=O)COC)CC2)nc(N)n1. The molecule has 2 heterocycles. The number of piperazine rings is 1. The van der Waals surface area contributed by atoms with Gasteiger partial charge in [0, 0.05) is 45.9 Å². The van der Waals surface area contributed by atoms with E-state index < -0.39 is 0 Å². The number of rotatable bonds is 7. The van der Waals surface area contributed by atoms with Crippen molar-refractivity contribution >= 4 is 23.5 Å². The number of carbonyl (C=O) groups is 1. The fraction of sp³-hybridized carbons (Fsp3) is 0.667. The number of methoxy groups -OCH3 is 1. The van der Waals surface area contributed by atoms with Crippen LogP contribution in [0.2, 0.25) is 0 Å². The second-order valence-corrected chi connectivity index (χ2v) is 5.55. The summed E-state index contributed by atoms with van der Waals surface area (Å²) in [6.45, 7) is 5.90. The van der Waals surface area contributed by atoms with Crippen molar-refractivity contribution < 1.29 is 9.53 Å². The van der Waals surface area contributed by atoms with Crippen molar-refractivity contribution in [1.82, 2.24) is 14.9 Å². The Morgan fingerprint density at radius 3 is 2.74 bits per heavy atom. The average molecular weight is 322 g/mol. The van der Waals surface area contributed by atoms with E-state index in [0.717, 1.165) is 44.1 Å². The highest BCUT2D eigenvalue weighted by Crippen LogP contribution is 2.19. The number of amides is 1. The molecule has 1 amide bonds. The fourth-order valence-corrected chi connectivity index (χ4v) is 2.50. The first-order valence-corrected chi connectivity index (χ1v) is 8.04. The molecule has 0 bridgehead atoms. The summed E-state index contributed by atoms with van der Waals surface area (Å²) < 4.78 is 4.90. The smallest absolute Gasteiger partial charge is 0.248 e. The third kappa shape index (κ3) is 4.95. The molecular formula is C15H26N6O2. The first kappa shape index (κ1) is 17.3. The fourth-order valence-electron chi connectivity index (χ4n) is 2.50. The van der Waals surface area contributed by atoms with Crippen LogP contribution < -0.4 is 16.0 Å². The van der Waals surface area contributed by atoms with Crippen LogP contribution in [0.3, 0.4) is 0 Å². The van der Waals surface area contributed by atoms with Gasteiger partial charge in [-0.05, 0) is 6.42 Å².